The predicted octanol–water partition coefficient (Wildman–Crippen LogP) is 0.203. The topological polar surface area (TPSA) is 68.4 Å². The maximum absolute atomic E-state index is 12.5. The van der Waals surface area contributed by atoms with Crippen LogP contribution in [0.3, 0.4) is 0 Å². The number of piperazine rings is 1. The van der Waals surface area contributed by atoms with Gasteiger partial charge in [-0.25, -0.2) is 8.42 Å². The number of likely N-dealkylation sites (N-methyl/N-ethyl adjacent to an activating group) is 1. The minimum absolute atomic E-state index is 0.384. The first-order chi connectivity index (χ1) is 9.55. The molecule has 1 saturated carbocycles. The average molecular weight is 298 g/mol. The van der Waals surface area contributed by atoms with E-state index >= 15 is 0 Å². The minimum Gasteiger partial charge on any atom is -0.363 e. The molecule has 1 aromatic rings. The van der Waals surface area contributed by atoms with E-state index in [-0.39, 0.29) is 0 Å². The van der Waals surface area contributed by atoms with Gasteiger partial charge in [-0.1, -0.05) is 0 Å². The number of H-pyrrole nitrogens is 1. The molecule has 7 heteroatoms. The van der Waals surface area contributed by atoms with Gasteiger partial charge in [-0.2, -0.15) is 4.31 Å². The standard InChI is InChI=1S/C13H22N4O2S/c1-16-4-6-17(7-5-16)20(18,19)13-8-12(15-10-13)9-14-11-2-3-11/h8,10-11,14-15H,2-7,9H2,1H3. The van der Waals surface area contributed by atoms with Gasteiger partial charge in [0, 0.05) is 50.7 Å². The number of aromatic nitrogens is 1. The highest BCUT2D eigenvalue weighted by atomic mass is 32.2. The van der Waals surface area contributed by atoms with Crippen molar-refractivity contribution in [3.63, 3.8) is 0 Å². The normalized spacial score (nSPS) is 22.2. The maximum Gasteiger partial charge on any atom is 0.244 e. The van der Waals surface area contributed by atoms with Gasteiger partial charge in [-0.05, 0) is 26.0 Å². The number of sulfonamides is 1. The Bertz CT molecular complexity index is 557. The Hall–Kier alpha value is -0.890. The molecular weight excluding hydrogens is 276 g/mol. The van der Waals surface area contributed by atoms with Crippen LogP contribution in [0.5, 0.6) is 0 Å². The van der Waals surface area contributed by atoms with E-state index in [1.54, 1.807) is 16.6 Å². The number of aromatic amines is 1. The molecule has 112 valence electrons. The van der Waals surface area contributed by atoms with Gasteiger partial charge in [0.15, 0.2) is 0 Å². The van der Waals surface area contributed by atoms with Crippen molar-refractivity contribution >= 4 is 10.0 Å². The number of hydrogen-bond donors (Lipinski definition) is 2. The summed E-state index contributed by atoms with van der Waals surface area (Å²) in [6.45, 7) is 3.43. The quantitative estimate of drug-likeness (QED) is 0.815. The van der Waals surface area contributed by atoms with Crippen molar-refractivity contribution in [2.45, 2.75) is 30.3 Å². The first kappa shape index (κ1) is 14.1. The van der Waals surface area contributed by atoms with Gasteiger partial charge in [-0.3, -0.25) is 0 Å². The molecule has 0 bridgehead atoms. The Morgan fingerprint density at radius 2 is 2.00 bits per heavy atom. The van der Waals surface area contributed by atoms with Crippen molar-refractivity contribution in [2.75, 3.05) is 33.2 Å². The van der Waals surface area contributed by atoms with E-state index in [0.717, 1.165) is 18.8 Å². The Labute approximate surface area is 120 Å². The number of nitrogens with zero attached hydrogens (tertiary/aromatic N) is 2. The summed E-state index contributed by atoms with van der Waals surface area (Å²) < 4.78 is 26.6. The Kier molecular flexibility index (Phi) is 3.85. The van der Waals surface area contributed by atoms with Crippen LogP contribution < -0.4 is 5.32 Å². The molecule has 3 rings (SSSR count). The zero-order valence-corrected chi connectivity index (χ0v) is 12.6. The van der Waals surface area contributed by atoms with E-state index in [0.29, 0.717) is 30.6 Å². The van der Waals surface area contributed by atoms with Gasteiger partial charge in [0.1, 0.15) is 0 Å². The van der Waals surface area contributed by atoms with E-state index in [9.17, 15) is 8.42 Å². The summed E-state index contributed by atoms with van der Waals surface area (Å²) in [7, 11) is -1.32. The summed E-state index contributed by atoms with van der Waals surface area (Å²) in [4.78, 5) is 5.60. The van der Waals surface area contributed by atoms with Crippen LogP contribution in [0.4, 0.5) is 0 Å². The fraction of sp³-hybridized carbons (Fsp3) is 0.692. The van der Waals surface area contributed by atoms with Crippen LogP contribution in [-0.4, -0.2) is 61.9 Å². The van der Waals surface area contributed by atoms with Gasteiger partial charge in [0.05, 0.1) is 4.90 Å². The average Bonchev–Trinajstić information content (AvgIpc) is 3.13. The summed E-state index contributed by atoms with van der Waals surface area (Å²) >= 11 is 0. The highest BCUT2D eigenvalue weighted by Crippen LogP contribution is 2.21. The van der Waals surface area contributed by atoms with E-state index in [2.05, 4.69) is 15.2 Å². The molecule has 6 nitrogen and oxygen atoms in total. The van der Waals surface area contributed by atoms with Crippen LogP contribution in [0.25, 0.3) is 0 Å². The molecule has 1 saturated heterocycles. The van der Waals surface area contributed by atoms with Gasteiger partial charge < -0.3 is 15.2 Å². The molecule has 2 N–H and O–H groups in total. The lowest BCUT2D eigenvalue weighted by molar-refractivity contribution is 0.222. The van der Waals surface area contributed by atoms with Crippen molar-refractivity contribution < 1.29 is 8.42 Å². The lowest BCUT2D eigenvalue weighted by atomic mass is 10.4. The van der Waals surface area contributed by atoms with Gasteiger partial charge in [0.25, 0.3) is 0 Å². The third kappa shape index (κ3) is 3.06. The van der Waals surface area contributed by atoms with Crippen molar-refractivity contribution in [1.82, 2.24) is 19.5 Å². The van der Waals surface area contributed by atoms with Crippen LogP contribution in [0.15, 0.2) is 17.2 Å². The first-order valence-corrected chi connectivity index (χ1v) is 8.59. The van der Waals surface area contributed by atoms with Crippen LogP contribution in [0, 0.1) is 0 Å². The van der Waals surface area contributed by atoms with Crippen LogP contribution >= 0.6 is 0 Å². The Morgan fingerprint density at radius 3 is 2.65 bits per heavy atom. The van der Waals surface area contributed by atoms with Crippen molar-refractivity contribution in [3.8, 4) is 0 Å². The monoisotopic (exact) mass is 298 g/mol. The summed E-state index contributed by atoms with van der Waals surface area (Å²) in [5.74, 6) is 0. The van der Waals surface area contributed by atoms with Crippen LogP contribution in [0.2, 0.25) is 0 Å². The molecule has 1 aliphatic carbocycles. The third-order valence-corrected chi connectivity index (χ3v) is 5.85. The molecule has 2 aliphatic rings. The smallest absolute Gasteiger partial charge is 0.244 e. The Balaban J connectivity index is 1.67. The van der Waals surface area contributed by atoms with Crippen molar-refractivity contribution in [3.05, 3.63) is 18.0 Å². The molecule has 0 spiro atoms. The van der Waals surface area contributed by atoms with Gasteiger partial charge >= 0.3 is 0 Å². The summed E-state index contributed by atoms with van der Waals surface area (Å²) in [6, 6.07) is 2.37. The number of hydrogen-bond acceptors (Lipinski definition) is 4. The maximum atomic E-state index is 12.5. The zero-order chi connectivity index (χ0) is 14.2. The van der Waals surface area contributed by atoms with Crippen molar-refractivity contribution in [1.29, 1.82) is 0 Å². The van der Waals surface area contributed by atoms with Crippen LogP contribution in [0.1, 0.15) is 18.5 Å². The van der Waals surface area contributed by atoms with E-state index in [1.807, 2.05) is 7.05 Å². The SMILES string of the molecule is CN1CCN(S(=O)(=O)c2c[nH]c(CNC3CC3)c2)CC1. The molecule has 0 atom stereocenters. The molecule has 0 amide bonds. The highest BCUT2D eigenvalue weighted by Gasteiger charge is 2.28. The lowest BCUT2D eigenvalue weighted by Crippen LogP contribution is -2.46. The van der Waals surface area contributed by atoms with Crippen LogP contribution in [-0.2, 0) is 16.6 Å². The zero-order valence-electron chi connectivity index (χ0n) is 11.8. The van der Waals surface area contributed by atoms with E-state index in [1.165, 1.54) is 12.8 Å². The molecule has 2 heterocycles. The first-order valence-electron chi connectivity index (χ1n) is 7.15. The third-order valence-electron chi connectivity index (χ3n) is 3.97. The van der Waals surface area contributed by atoms with E-state index in [4.69, 9.17) is 0 Å². The summed E-state index contributed by atoms with van der Waals surface area (Å²) in [6.07, 6.45) is 4.07. The van der Waals surface area contributed by atoms with Gasteiger partial charge in [0.2, 0.25) is 10.0 Å². The Morgan fingerprint density at radius 1 is 1.30 bits per heavy atom. The molecule has 0 aromatic carbocycles. The number of nitrogens with one attached hydrogen (secondary N) is 2. The summed E-state index contributed by atoms with van der Waals surface area (Å²) in [5, 5.41) is 3.38. The van der Waals surface area contributed by atoms with E-state index < -0.39 is 10.0 Å². The fourth-order valence-corrected chi connectivity index (χ4v) is 3.83. The highest BCUT2D eigenvalue weighted by molar-refractivity contribution is 7.89. The van der Waals surface area contributed by atoms with Gasteiger partial charge in [-0.15, -0.1) is 0 Å². The second-order valence-electron chi connectivity index (χ2n) is 5.72. The summed E-state index contributed by atoms with van der Waals surface area (Å²) in [5.41, 5.74) is 0.935. The molecular formula is C13H22N4O2S. The minimum atomic E-state index is -3.34. The molecule has 20 heavy (non-hydrogen) atoms. The second kappa shape index (κ2) is 5.48. The second-order valence-corrected chi connectivity index (χ2v) is 7.66. The molecule has 1 aromatic heterocycles. The molecule has 0 radical (unpaired) electrons. The molecule has 1 aliphatic heterocycles. The fourth-order valence-electron chi connectivity index (χ4n) is 2.39. The number of rotatable bonds is 5. The molecule has 0 unspecified atom stereocenters. The predicted molar refractivity (Wildman–Crippen MR) is 76.9 cm³/mol. The molecule has 2 fully saturated rings. The largest absolute Gasteiger partial charge is 0.363 e. The lowest BCUT2D eigenvalue weighted by Gasteiger charge is -2.31. The van der Waals surface area contributed by atoms with Crippen molar-refractivity contribution in [2.24, 2.45) is 0 Å².